The maximum Gasteiger partial charge on any atom is 0.348 e. The van der Waals surface area contributed by atoms with Crippen LogP contribution in [0.4, 0.5) is 0 Å². The molecule has 0 aliphatic rings. The van der Waals surface area contributed by atoms with Gasteiger partial charge in [-0.1, -0.05) is 45.6 Å². The first-order valence-electron chi connectivity index (χ1n) is 13.8. The smallest absolute Gasteiger partial charge is 0.348 e. The van der Waals surface area contributed by atoms with Crippen molar-refractivity contribution >= 4 is 45.9 Å². The molecule has 0 aliphatic heterocycles. The van der Waals surface area contributed by atoms with Crippen LogP contribution in [0.1, 0.15) is 92.6 Å². The Labute approximate surface area is 239 Å². The standard InChI is InChI=1S/C31H40O4S3/c1-4-5-6-7-8-11-14-24-15-16-25(36-24)26-17-18-27(37-26)28-19-20-29(38-28)31(33)35-22-13-10-9-12-21-34-30(32)23(2)3/h15-20H,2,4-14,21-22H2,1,3H3. The van der Waals surface area contributed by atoms with Crippen molar-refractivity contribution in [3.05, 3.63) is 58.3 Å². The minimum absolute atomic E-state index is 0.258. The molecule has 0 atom stereocenters. The van der Waals surface area contributed by atoms with Crippen LogP contribution in [-0.2, 0) is 20.7 Å². The lowest BCUT2D eigenvalue weighted by Crippen LogP contribution is -2.06. The van der Waals surface area contributed by atoms with Gasteiger partial charge in [0, 0.05) is 30.0 Å². The third-order valence-corrected chi connectivity index (χ3v) is 9.88. The summed E-state index contributed by atoms with van der Waals surface area (Å²) in [5.41, 5.74) is 0.420. The Bertz CT molecular complexity index is 1150. The molecule has 0 N–H and O–H groups in total. The Morgan fingerprint density at radius 1 is 0.684 bits per heavy atom. The van der Waals surface area contributed by atoms with Gasteiger partial charge in [0.2, 0.25) is 0 Å². The third-order valence-electron chi connectivity index (χ3n) is 6.19. The predicted octanol–water partition coefficient (Wildman–Crippen LogP) is 9.94. The molecule has 0 saturated carbocycles. The lowest BCUT2D eigenvalue weighted by molar-refractivity contribution is -0.139. The van der Waals surface area contributed by atoms with Crippen molar-refractivity contribution in [1.82, 2.24) is 0 Å². The number of thiophene rings is 3. The highest BCUT2D eigenvalue weighted by atomic mass is 32.1. The maximum absolute atomic E-state index is 12.5. The summed E-state index contributed by atoms with van der Waals surface area (Å²) in [4.78, 5) is 30.8. The van der Waals surface area contributed by atoms with E-state index >= 15 is 0 Å². The fourth-order valence-corrected chi connectivity index (χ4v) is 7.12. The number of hydrogen-bond donors (Lipinski definition) is 0. The van der Waals surface area contributed by atoms with E-state index in [1.165, 1.54) is 75.8 Å². The molecule has 0 aliphatic carbocycles. The quantitative estimate of drug-likeness (QED) is 0.0864. The normalized spacial score (nSPS) is 11.0. The fourth-order valence-electron chi connectivity index (χ4n) is 3.99. The van der Waals surface area contributed by atoms with Crippen molar-refractivity contribution in [2.45, 2.75) is 84.5 Å². The highest BCUT2D eigenvalue weighted by Gasteiger charge is 2.14. The van der Waals surface area contributed by atoms with Crippen LogP contribution < -0.4 is 0 Å². The third kappa shape index (κ3) is 10.2. The SMILES string of the molecule is C=C(C)C(=O)OCCCCCCOC(=O)c1ccc(-c2ccc(-c3ccc(CCCCCCCC)s3)s2)s1. The van der Waals surface area contributed by atoms with Gasteiger partial charge in [0.25, 0.3) is 0 Å². The van der Waals surface area contributed by atoms with Gasteiger partial charge in [0.05, 0.1) is 13.2 Å². The van der Waals surface area contributed by atoms with Gasteiger partial charge in [-0.2, -0.15) is 0 Å². The van der Waals surface area contributed by atoms with Crippen LogP contribution >= 0.6 is 34.0 Å². The maximum atomic E-state index is 12.5. The molecule has 206 valence electrons. The zero-order chi connectivity index (χ0) is 27.2. The van der Waals surface area contributed by atoms with Crippen LogP contribution in [0.5, 0.6) is 0 Å². The first-order valence-corrected chi connectivity index (χ1v) is 16.2. The van der Waals surface area contributed by atoms with Gasteiger partial charge in [0.15, 0.2) is 0 Å². The predicted molar refractivity (Wildman–Crippen MR) is 163 cm³/mol. The molecule has 0 bridgehead atoms. The Morgan fingerprint density at radius 2 is 1.24 bits per heavy atom. The second-order valence-electron chi connectivity index (χ2n) is 9.58. The molecular formula is C31H40O4S3. The summed E-state index contributed by atoms with van der Waals surface area (Å²) in [6, 6.07) is 12.8. The molecule has 0 spiro atoms. The first kappa shape index (κ1) is 30.3. The molecule has 0 unspecified atom stereocenters. The molecule has 3 heterocycles. The van der Waals surface area contributed by atoms with E-state index in [1.54, 1.807) is 18.3 Å². The number of hydrogen-bond acceptors (Lipinski definition) is 7. The number of aryl methyl sites for hydroxylation is 1. The zero-order valence-corrected chi connectivity index (χ0v) is 25.2. The summed E-state index contributed by atoms with van der Waals surface area (Å²) < 4.78 is 10.5. The van der Waals surface area contributed by atoms with Gasteiger partial charge >= 0.3 is 11.9 Å². The monoisotopic (exact) mass is 572 g/mol. The molecular weight excluding hydrogens is 533 g/mol. The molecule has 0 saturated heterocycles. The van der Waals surface area contributed by atoms with Crippen LogP contribution in [-0.4, -0.2) is 25.2 Å². The summed E-state index contributed by atoms with van der Waals surface area (Å²) in [6.45, 7) is 8.27. The molecule has 0 aromatic carbocycles. The molecule has 3 aromatic rings. The van der Waals surface area contributed by atoms with Gasteiger partial charge in [-0.3, -0.25) is 0 Å². The van der Waals surface area contributed by atoms with Crippen molar-refractivity contribution < 1.29 is 19.1 Å². The number of rotatable bonds is 18. The summed E-state index contributed by atoms with van der Waals surface area (Å²) in [6.07, 6.45) is 12.6. The minimum Gasteiger partial charge on any atom is -0.462 e. The Balaban J connectivity index is 1.37. The van der Waals surface area contributed by atoms with Crippen LogP contribution in [0, 0.1) is 0 Å². The molecule has 4 nitrogen and oxygen atoms in total. The molecule has 0 radical (unpaired) electrons. The van der Waals surface area contributed by atoms with Gasteiger partial charge in [-0.05, 0) is 81.8 Å². The van der Waals surface area contributed by atoms with Gasteiger partial charge in [0.1, 0.15) is 4.88 Å². The van der Waals surface area contributed by atoms with Crippen molar-refractivity contribution in [2.75, 3.05) is 13.2 Å². The molecule has 0 amide bonds. The zero-order valence-electron chi connectivity index (χ0n) is 22.7. The molecule has 0 fully saturated rings. The molecule has 7 heteroatoms. The fraction of sp³-hybridized carbons (Fsp3) is 0.484. The second-order valence-corrected chi connectivity index (χ2v) is 12.9. The van der Waals surface area contributed by atoms with E-state index in [2.05, 4.69) is 37.8 Å². The van der Waals surface area contributed by atoms with Crippen LogP contribution in [0.25, 0.3) is 19.5 Å². The summed E-state index contributed by atoms with van der Waals surface area (Å²) in [5.74, 6) is -0.599. The number of ether oxygens (including phenoxy) is 2. The van der Waals surface area contributed by atoms with E-state index in [0.29, 0.717) is 23.7 Å². The van der Waals surface area contributed by atoms with Crippen LogP contribution in [0.2, 0.25) is 0 Å². The number of carbonyl (C=O) groups excluding carboxylic acids is 2. The van der Waals surface area contributed by atoms with Crippen LogP contribution in [0.15, 0.2) is 48.6 Å². The van der Waals surface area contributed by atoms with Crippen molar-refractivity contribution in [3.63, 3.8) is 0 Å². The van der Waals surface area contributed by atoms with E-state index in [1.807, 2.05) is 23.5 Å². The first-order chi connectivity index (χ1) is 18.5. The minimum atomic E-state index is -0.340. The lowest BCUT2D eigenvalue weighted by atomic mass is 10.1. The highest BCUT2D eigenvalue weighted by molar-refractivity contribution is 7.26. The van der Waals surface area contributed by atoms with Gasteiger partial charge < -0.3 is 9.47 Å². The van der Waals surface area contributed by atoms with Gasteiger partial charge in [-0.15, -0.1) is 34.0 Å². The van der Waals surface area contributed by atoms with E-state index < -0.39 is 0 Å². The van der Waals surface area contributed by atoms with E-state index in [9.17, 15) is 9.59 Å². The Morgan fingerprint density at radius 3 is 1.95 bits per heavy atom. The van der Waals surface area contributed by atoms with E-state index in [4.69, 9.17) is 9.47 Å². The molecule has 3 aromatic heterocycles. The lowest BCUT2D eigenvalue weighted by Gasteiger charge is -2.05. The van der Waals surface area contributed by atoms with Crippen molar-refractivity contribution in [3.8, 4) is 19.5 Å². The van der Waals surface area contributed by atoms with E-state index in [0.717, 1.165) is 30.6 Å². The van der Waals surface area contributed by atoms with Crippen LogP contribution in [0.3, 0.4) is 0 Å². The van der Waals surface area contributed by atoms with Crippen molar-refractivity contribution in [1.29, 1.82) is 0 Å². The Hall–Kier alpha value is -2.22. The number of esters is 2. The topological polar surface area (TPSA) is 52.6 Å². The molecule has 3 rings (SSSR count). The number of carbonyl (C=O) groups is 2. The Kier molecular flexibility index (Phi) is 13.3. The second kappa shape index (κ2) is 16.7. The average Bonchev–Trinajstić information content (AvgIpc) is 3.67. The summed E-state index contributed by atoms with van der Waals surface area (Å²) in [7, 11) is 0. The van der Waals surface area contributed by atoms with E-state index in [-0.39, 0.29) is 11.9 Å². The largest absolute Gasteiger partial charge is 0.462 e. The van der Waals surface area contributed by atoms with Crippen molar-refractivity contribution in [2.24, 2.45) is 0 Å². The van der Waals surface area contributed by atoms with Gasteiger partial charge in [-0.25, -0.2) is 9.59 Å². The molecule has 38 heavy (non-hydrogen) atoms. The summed E-state index contributed by atoms with van der Waals surface area (Å²) >= 11 is 5.18. The highest BCUT2D eigenvalue weighted by Crippen LogP contribution is 2.40. The summed E-state index contributed by atoms with van der Waals surface area (Å²) in [5, 5.41) is 0. The number of unbranched alkanes of at least 4 members (excludes halogenated alkanes) is 8. The average molecular weight is 573 g/mol.